The predicted molar refractivity (Wildman–Crippen MR) is 135 cm³/mol. The van der Waals surface area contributed by atoms with Crippen LogP contribution in [0.25, 0.3) is 15.9 Å². The van der Waals surface area contributed by atoms with Crippen molar-refractivity contribution < 1.29 is 13.9 Å². The summed E-state index contributed by atoms with van der Waals surface area (Å²) in [6, 6.07) is 15.3. The van der Waals surface area contributed by atoms with E-state index in [0.29, 0.717) is 47.2 Å². The first-order valence-corrected chi connectivity index (χ1v) is 12.3. The van der Waals surface area contributed by atoms with Crippen LogP contribution in [0.2, 0.25) is 0 Å². The maximum Gasteiger partial charge on any atom is 0.277 e. The van der Waals surface area contributed by atoms with Gasteiger partial charge in [-0.05, 0) is 54.1 Å². The molecule has 1 aliphatic rings. The average Bonchev–Trinajstić information content (AvgIpc) is 3.37. The van der Waals surface area contributed by atoms with E-state index in [1.54, 1.807) is 23.8 Å². The zero-order chi connectivity index (χ0) is 24.4. The Morgan fingerprint density at radius 2 is 2.06 bits per heavy atom. The summed E-state index contributed by atoms with van der Waals surface area (Å²) in [4.78, 5) is 33.3. The van der Waals surface area contributed by atoms with E-state index in [-0.39, 0.29) is 23.2 Å². The SMILES string of the molecule is COc1cccc(-n2c(N3CCC[C@H](C(=O)NCc4ccc(F)cc4)C3)nc3ccsc3c2=O)c1. The van der Waals surface area contributed by atoms with Crippen molar-refractivity contribution in [1.29, 1.82) is 0 Å². The number of methoxy groups -OCH3 is 1. The summed E-state index contributed by atoms with van der Waals surface area (Å²) >= 11 is 1.37. The number of carbonyl (C=O) groups excluding carboxylic acids is 1. The van der Waals surface area contributed by atoms with Crippen molar-refractivity contribution in [2.75, 3.05) is 25.1 Å². The van der Waals surface area contributed by atoms with Crippen LogP contribution in [0.4, 0.5) is 10.3 Å². The van der Waals surface area contributed by atoms with Crippen molar-refractivity contribution in [2.24, 2.45) is 5.92 Å². The monoisotopic (exact) mass is 492 g/mol. The van der Waals surface area contributed by atoms with E-state index in [1.807, 2.05) is 40.6 Å². The van der Waals surface area contributed by atoms with Gasteiger partial charge in [-0.25, -0.2) is 13.9 Å². The van der Waals surface area contributed by atoms with Gasteiger partial charge in [0.25, 0.3) is 5.56 Å². The molecule has 5 rings (SSSR count). The second-order valence-electron chi connectivity index (χ2n) is 8.52. The van der Waals surface area contributed by atoms with Gasteiger partial charge >= 0.3 is 0 Å². The molecule has 0 radical (unpaired) electrons. The fraction of sp³-hybridized carbons (Fsp3) is 0.269. The fourth-order valence-electron chi connectivity index (χ4n) is 4.40. The normalized spacial score (nSPS) is 15.8. The number of benzene rings is 2. The molecule has 0 aliphatic carbocycles. The highest BCUT2D eigenvalue weighted by Crippen LogP contribution is 2.27. The number of ether oxygens (including phenoxy) is 1. The van der Waals surface area contributed by atoms with Crippen molar-refractivity contribution in [3.8, 4) is 11.4 Å². The lowest BCUT2D eigenvalue weighted by molar-refractivity contribution is -0.125. The zero-order valence-electron chi connectivity index (χ0n) is 19.2. The number of halogens is 1. The third-order valence-corrected chi connectivity index (χ3v) is 7.12. The van der Waals surface area contributed by atoms with E-state index in [9.17, 15) is 14.0 Å². The van der Waals surface area contributed by atoms with E-state index >= 15 is 0 Å². The number of rotatable bonds is 6. The van der Waals surface area contributed by atoms with Gasteiger partial charge in [-0.2, -0.15) is 0 Å². The molecule has 9 heteroatoms. The maximum atomic E-state index is 13.5. The Morgan fingerprint density at radius 1 is 1.23 bits per heavy atom. The van der Waals surface area contributed by atoms with Gasteiger partial charge in [-0.15, -0.1) is 11.3 Å². The van der Waals surface area contributed by atoms with Crippen molar-refractivity contribution >= 4 is 33.4 Å². The summed E-state index contributed by atoms with van der Waals surface area (Å²) in [6.45, 7) is 1.47. The number of hydrogen-bond donors (Lipinski definition) is 1. The summed E-state index contributed by atoms with van der Waals surface area (Å²) in [5, 5.41) is 4.83. The Hall–Kier alpha value is -3.72. The molecule has 4 aromatic rings. The van der Waals surface area contributed by atoms with Gasteiger partial charge in [0.15, 0.2) is 0 Å². The molecule has 1 fully saturated rings. The van der Waals surface area contributed by atoms with Crippen molar-refractivity contribution in [3.05, 3.63) is 81.7 Å². The number of hydrogen-bond acceptors (Lipinski definition) is 6. The zero-order valence-corrected chi connectivity index (χ0v) is 20.1. The lowest BCUT2D eigenvalue weighted by atomic mass is 9.97. The molecule has 0 spiro atoms. The van der Waals surface area contributed by atoms with E-state index < -0.39 is 0 Å². The smallest absolute Gasteiger partial charge is 0.277 e. The minimum Gasteiger partial charge on any atom is -0.497 e. The van der Waals surface area contributed by atoms with Gasteiger partial charge in [-0.3, -0.25) is 9.59 Å². The molecular formula is C26H25FN4O3S. The Kier molecular flexibility index (Phi) is 6.50. The summed E-state index contributed by atoms with van der Waals surface area (Å²) < 4.78 is 20.7. The molecule has 0 saturated carbocycles. The molecule has 0 bridgehead atoms. The highest BCUT2D eigenvalue weighted by molar-refractivity contribution is 7.17. The molecule has 0 unspecified atom stereocenters. The second-order valence-corrected chi connectivity index (χ2v) is 9.43. The van der Waals surface area contributed by atoms with E-state index in [0.717, 1.165) is 18.4 Å². The van der Waals surface area contributed by atoms with Crippen molar-refractivity contribution in [1.82, 2.24) is 14.9 Å². The molecule has 35 heavy (non-hydrogen) atoms. The molecular weight excluding hydrogens is 467 g/mol. The average molecular weight is 493 g/mol. The largest absolute Gasteiger partial charge is 0.497 e. The number of amides is 1. The fourth-order valence-corrected chi connectivity index (χ4v) is 5.16. The second kappa shape index (κ2) is 9.87. The van der Waals surface area contributed by atoms with E-state index in [2.05, 4.69) is 5.32 Å². The Bertz CT molecular complexity index is 1420. The van der Waals surface area contributed by atoms with Gasteiger partial charge in [0.2, 0.25) is 11.9 Å². The highest BCUT2D eigenvalue weighted by Gasteiger charge is 2.29. The van der Waals surface area contributed by atoms with Crippen LogP contribution in [0.3, 0.4) is 0 Å². The van der Waals surface area contributed by atoms with Crippen LogP contribution in [-0.2, 0) is 11.3 Å². The van der Waals surface area contributed by atoms with Crippen molar-refractivity contribution in [2.45, 2.75) is 19.4 Å². The Balaban J connectivity index is 1.43. The Labute approximate surface area is 205 Å². The van der Waals surface area contributed by atoms with Gasteiger partial charge < -0.3 is 15.0 Å². The topological polar surface area (TPSA) is 76.5 Å². The first kappa shape index (κ1) is 23.0. The van der Waals surface area contributed by atoms with Crippen molar-refractivity contribution in [3.63, 3.8) is 0 Å². The third-order valence-electron chi connectivity index (χ3n) is 6.23. The van der Waals surface area contributed by atoms with E-state index in [1.165, 1.54) is 23.5 Å². The molecule has 1 saturated heterocycles. The van der Waals surface area contributed by atoms with Crippen LogP contribution in [0, 0.1) is 11.7 Å². The van der Waals surface area contributed by atoms with Crippen LogP contribution in [0.15, 0.2) is 64.8 Å². The Morgan fingerprint density at radius 3 is 2.86 bits per heavy atom. The standard InChI is InChI=1S/C26H25FN4O3S/c1-34-21-6-2-5-20(14-21)31-25(33)23-22(11-13-35-23)29-26(31)30-12-3-4-18(16-30)24(32)28-15-17-7-9-19(27)10-8-17/h2,5-11,13-14,18H,3-4,12,15-16H2,1H3,(H,28,32)/t18-/m0/s1. The maximum absolute atomic E-state index is 13.5. The molecule has 3 heterocycles. The molecule has 7 nitrogen and oxygen atoms in total. The number of fused-ring (bicyclic) bond motifs is 1. The first-order valence-electron chi connectivity index (χ1n) is 11.5. The van der Waals surface area contributed by atoms with Gasteiger partial charge in [0.1, 0.15) is 16.3 Å². The molecule has 1 aliphatic heterocycles. The highest BCUT2D eigenvalue weighted by atomic mass is 32.1. The number of anilines is 1. The first-order chi connectivity index (χ1) is 17.0. The van der Waals surface area contributed by atoms with Crippen LogP contribution in [0.5, 0.6) is 5.75 Å². The summed E-state index contributed by atoms with van der Waals surface area (Å²) in [5.41, 5.74) is 2.01. The molecule has 2 aromatic heterocycles. The number of aromatic nitrogens is 2. The molecule has 2 aromatic carbocycles. The summed E-state index contributed by atoms with van der Waals surface area (Å²) in [6.07, 6.45) is 1.54. The third kappa shape index (κ3) is 4.77. The summed E-state index contributed by atoms with van der Waals surface area (Å²) in [5.74, 6) is 0.539. The lowest BCUT2D eigenvalue weighted by Crippen LogP contribution is -2.45. The van der Waals surface area contributed by atoms with Gasteiger partial charge in [0, 0.05) is 25.7 Å². The predicted octanol–water partition coefficient (Wildman–Crippen LogP) is 4.13. The quantitative estimate of drug-likeness (QED) is 0.438. The minimum absolute atomic E-state index is 0.0640. The van der Waals surface area contributed by atoms with Crippen LogP contribution in [0.1, 0.15) is 18.4 Å². The van der Waals surface area contributed by atoms with Gasteiger partial charge in [0.05, 0.1) is 24.2 Å². The summed E-state index contributed by atoms with van der Waals surface area (Å²) in [7, 11) is 1.59. The van der Waals surface area contributed by atoms with Crippen LogP contribution < -0.4 is 20.5 Å². The number of carbonyl (C=O) groups is 1. The number of nitrogens with zero attached hydrogens (tertiary/aromatic N) is 3. The molecule has 1 N–H and O–H groups in total. The number of thiophene rings is 1. The van der Waals surface area contributed by atoms with E-state index in [4.69, 9.17) is 9.72 Å². The molecule has 1 amide bonds. The minimum atomic E-state index is -0.305. The molecule has 180 valence electrons. The molecule has 1 atom stereocenters. The number of piperidine rings is 1. The van der Waals surface area contributed by atoms with Crippen LogP contribution >= 0.6 is 11.3 Å². The lowest BCUT2D eigenvalue weighted by Gasteiger charge is -2.34. The number of nitrogens with one attached hydrogen (secondary N) is 1. The van der Waals surface area contributed by atoms with Crippen LogP contribution in [-0.4, -0.2) is 35.7 Å². The van der Waals surface area contributed by atoms with Gasteiger partial charge in [-0.1, -0.05) is 18.2 Å².